The van der Waals surface area contributed by atoms with E-state index in [1.165, 1.54) is 4.88 Å². The topological polar surface area (TPSA) is 81.0 Å². The minimum atomic E-state index is -3.58. The molecule has 0 aliphatic carbocycles. The normalized spacial score (nSPS) is 17.7. The van der Waals surface area contributed by atoms with Crippen LogP contribution in [-0.4, -0.2) is 56.3 Å². The van der Waals surface area contributed by atoms with Crippen molar-refractivity contribution in [2.75, 3.05) is 32.5 Å². The van der Waals surface area contributed by atoms with Crippen LogP contribution in [0, 0.1) is 0 Å². The number of aromatic nitrogens is 1. The Morgan fingerprint density at radius 1 is 1.31 bits per heavy atom. The Hall–Kier alpha value is -2.10. The van der Waals surface area contributed by atoms with Gasteiger partial charge in [0.25, 0.3) is 0 Å². The van der Waals surface area contributed by atoms with Crippen molar-refractivity contribution < 1.29 is 17.9 Å². The molecule has 0 atom stereocenters. The van der Waals surface area contributed by atoms with E-state index >= 15 is 0 Å². The highest BCUT2D eigenvalue weighted by atomic mass is 35.5. The molecule has 0 N–H and O–H groups in total. The van der Waals surface area contributed by atoms with Crippen molar-refractivity contribution in [3.63, 3.8) is 0 Å². The maximum atomic E-state index is 12.8. The first-order valence-electron chi connectivity index (χ1n) is 10.5. The molecule has 2 aromatic rings. The van der Waals surface area contributed by atoms with Gasteiger partial charge in [0.15, 0.2) is 14.6 Å². The summed E-state index contributed by atoms with van der Waals surface area (Å²) in [7, 11) is 0.190. The second-order valence-corrected chi connectivity index (χ2v) is 11.7. The number of rotatable bonds is 5. The van der Waals surface area contributed by atoms with Gasteiger partial charge in [0, 0.05) is 55.3 Å². The second-order valence-electron chi connectivity index (χ2n) is 8.06. The number of aryl methyl sites for hydroxylation is 1. The van der Waals surface area contributed by atoms with Crippen LogP contribution in [0.15, 0.2) is 34.3 Å². The zero-order valence-corrected chi connectivity index (χ0v) is 20.5. The number of benzene rings is 1. The first-order valence-corrected chi connectivity index (χ1v) is 13.3. The minimum Gasteiger partial charge on any atom is -0.487 e. The van der Waals surface area contributed by atoms with E-state index in [9.17, 15) is 13.2 Å². The Kier molecular flexibility index (Phi) is 6.78. The third-order valence-corrected chi connectivity index (χ3v) is 9.26. The molecule has 1 aromatic carbocycles. The molecule has 1 fully saturated rings. The largest absolute Gasteiger partial charge is 0.487 e. The average Bonchev–Trinajstić information content (AvgIpc) is 3.17. The number of carbonyl (C=O) groups excluding carboxylic acids is 1. The van der Waals surface area contributed by atoms with Gasteiger partial charge in [-0.25, -0.2) is 8.42 Å². The third-order valence-electron chi connectivity index (χ3n) is 5.92. The molecule has 1 amide bonds. The molecule has 1 aromatic heterocycles. The molecule has 0 bridgehead atoms. The Balaban J connectivity index is 1.33. The lowest BCUT2D eigenvalue weighted by Crippen LogP contribution is -2.38. The number of likely N-dealkylation sites (tertiary alicyclic amines) is 1. The van der Waals surface area contributed by atoms with Crippen molar-refractivity contribution in [3.8, 4) is 5.75 Å². The quantitative estimate of drug-likeness (QED) is 0.637. The van der Waals surface area contributed by atoms with Crippen LogP contribution in [0.2, 0.25) is 5.02 Å². The van der Waals surface area contributed by atoms with Crippen molar-refractivity contribution in [2.24, 2.45) is 12.0 Å². The first kappa shape index (κ1) is 23.1. The van der Waals surface area contributed by atoms with Crippen molar-refractivity contribution in [1.82, 2.24) is 9.47 Å². The van der Waals surface area contributed by atoms with Crippen molar-refractivity contribution in [1.29, 1.82) is 0 Å². The van der Waals surface area contributed by atoms with Crippen LogP contribution in [0.5, 0.6) is 5.75 Å². The maximum absolute atomic E-state index is 12.8. The van der Waals surface area contributed by atoms with Gasteiger partial charge in [-0.05, 0) is 43.0 Å². The Labute approximate surface area is 196 Å². The fourth-order valence-corrected chi connectivity index (χ4v) is 6.59. The number of thiazole rings is 1. The smallest absolute Gasteiger partial charge is 0.223 e. The molecule has 2 aliphatic heterocycles. The van der Waals surface area contributed by atoms with E-state index in [2.05, 4.69) is 11.2 Å². The highest BCUT2D eigenvalue weighted by Crippen LogP contribution is 2.32. The van der Waals surface area contributed by atoms with E-state index in [1.807, 2.05) is 11.6 Å². The average molecular weight is 496 g/mol. The zero-order chi connectivity index (χ0) is 22.9. The van der Waals surface area contributed by atoms with Gasteiger partial charge in [-0.15, -0.1) is 11.3 Å². The number of ether oxygens (including phenoxy) is 1. The number of nitrogens with zero attached hydrogens (tertiary/aromatic N) is 3. The van der Waals surface area contributed by atoms with Gasteiger partial charge in [-0.2, -0.15) is 0 Å². The van der Waals surface area contributed by atoms with Gasteiger partial charge in [-0.3, -0.25) is 9.79 Å². The molecule has 10 heteroatoms. The summed E-state index contributed by atoms with van der Waals surface area (Å²) < 4.78 is 33.2. The van der Waals surface area contributed by atoms with Crippen molar-refractivity contribution in [3.05, 3.63) is 49.6 Å². The maximum Gasteiger partial charge on any atom is 0.223 e. The Bertz CT molecular complexity index is 1220. The van der Waals surface area contributed by atoms with Gasteiger partial charge >= 0.3 is 0 Å². The molecule has 2 aliphatic rings. The molecule has 4 rings (SSSR count). The monoisotopic (exact) mass is 495 g/mol. The minimum absolute atomic E-state index is 0.0232. The summed E-state index contributed by atoms with van der Waals surface area (Å²) >= 11 is 7.64. The molecule has 0 saturated carbocycles. The summed E-state index contributed by atoms with van der Waals surface area (Å²) in [6, 6.07) is 5.09. The molecular formula is C22H26ClN3O4S2. The van der Waals surface area contributed by atoms with Crippen LogP contribution in [0.25, 0.3) is 6.08 Å². The van der Waals surface area contributed by atoms with E-state index < -0.39 is 9.84 Å². The Morgan fingerprint density at radius 2 is 2.06 bits per heavy atom. The van der Waals surface area contributed by atoms with Crippen LogP contribution >= 0.6 is 22.9 Å². The molecule has 7 nitrogen and oxygen atoms in total. The second kappa shape index (κ2) is 9.41. The van der Waals surface area contributed by atoms with E-state index in [4.69, 9.17) is 16.3 Å². The highest BCUT2D eigenvalue weighted by molar-refractivity contribution is 7.95. The zero-order valence-electron chi connectivity index (χ0n) is 18.1. The standard InChI is InChI=1S/C22H26ClN3O4S2/c1-24-22-25(2)13-20(31-22)15-5-8-26(9-6-15)21(27)7-10-32(28,29)18-11-16-3-4-17(23)12-19(16)30-14-18/h3-4,11-13,15H,5-10,14H2,1-2H3. The van der Waals surface area contributed by atoms with Gasteiger partial charge in [0.2, 0.25) is 5.91 Å². The van der Waals surface area contributed by atoms with Gasteiger partial charge in [0.05, 0.1) is 10.7 Å². The molecular weight excluding hydrogens is 470 g/mol. The van der Waals surface area contributed by atoms with Gasteiger partial charge < -0.3 is 14.2 Å². The van der Waals surface area contributed by atoms with Gasteiger partial charge in [0.1, 0.15) is 12.4 Å². The SMILES string of the molecule is CN=c1sc(C2CCN(C(=O)CCS(=O)(=O)C3=Cc4ccc(Cl)cc4OC3)CC2)cn1C. The lowest BCUT2D eigenvalue weighted by atomic mass is 9.95. The number of sulfone groups is 1. The van der Waals surface area contributed by atoms with E-state index in [0.29, 0.717) is 35.3 Å². The molecule has 3 heterocycles. The summed E-state index contributed by atoms with van der Waals surface area (Å²) in [5.74, 6) is 0.644. The molecule has 0 radical (unpaired) electrons. The van der Waals surface area contributed by atoms with E-state index in [0.717, 1.165) is 17.6 Å². The predicted molar refractivity (Wildman–Crippen MR) is 127 cm³/mol. The number of halogens is 1. The predicted octanol–water partition coefficient (Wildman–Crippen LogP) is 3.21. The molecule has 1 saturated heterocycles. The lowest BCUT2D eigenvalue weighted by Gasteiger charge is -2.31. The van der Waals surface area contributed by atoms with Crippen molar-refractivity contribution >= 4 is 44.8 Å². The summed E-state index contributed by atoms with van der Waals surface area (Å²) in [6.45, 7) is 1.24. The highest BCUT2D eigenvalue weighted by Gasteiger charge is 2.28. The van der Waals surface area contributed by atoms with Crippen LogP contribution in [-0.2, 0) is 21.7 Å². The summed E-state index contributed by atoms with van der Waals surface area (Å²) in [5, 5.41) is 0.534. The molecule has 0 spiro atoms. The van der Waals surface area contributed by atoms with Crippen LogP contribution < -0.4 is 9.54 Å². The molecule has 172 valence electrons. The number of fused-ring (bicyclic) bond motifs is 1. The summed E-state index contributed by atoms with van der Waals surface area (Å²) in [6.07, 6.45) is 5.46. The number of carbonyl (C=O) groups is 1. The summed E-state index contributed by atoms with van der Waals surface area (Å²) in [4.78, 5) is 21.2. The molecule has 0 unspecified atom stereocenters. The van der Waals surface area contributed by atoms with Gasteiger partial charge in [-0.1, -0.05) is 11.6 Å². The first-order chi connectivity index (χ1) is 15.3. The van der Waals surface area contributed by atoms with Crippen LogP contribution in [0.4, 0.5) is 0 Å². The summed E-state index contributed by atoms with van der Waals surface area (Å²) in [5.41, 5.74) is 0.675. The number of hydrogen-bond acceptors (Lipinski definition) is 6. The number of hydrogen-bond donors (Lipinski definition) is 0. The van der Waals surface area contributed by atoms with Crippen LogP contribution in [0.1, 0.15) is 35.6 Å². The number of amides is 1. The fourth-order valence-electron chi connectivity index (χ4n) is 4.06. The van der Waals surface area contributed by atoms with E-state index in [-0.39, 0.29) is 29.6 Å². The molecule has 32 heavy (non-hydrogen) atoms. The lowest BCUT2D eigenvalue weighted by molar-refractivity contribution is -0.131. The van der Waals surface area contributed by atoms with Crippen LogP contribution in [0.3, 0.4) is 0 Å². The number of piperidine rings is 1. The third kappa shape index (κ3) is 4.94. The van der Waals surface area contributed by atoms with Crippen molar-refractivity contribution in [2.45, 2.75) is 25.2 Å². The van der Waals surface area contributed by atoms with E-state index in [1.54, 1.807) is 47.6 Å². The Morgan fingerprint density at radius 3 is 2.75 bits per heavy atom. The fraction of sp³-hybridized carbons (Fsp3) is 0.455.